The average Bonchev–Trinajstić information content (AvgIpc) is 3.08. The number of carbonyl (C=O) groups is 1. The lowest BCUT2D eigenvalue weighted by Crippen LogP contribution is -2.50. The lowest BCUT2D eigenvalue weighted by Gasteiger charge is -2.31. The van der Waals surface area contributed by atoms with Gasteiger partial charge in [0, 0.05) is 18.0 Å². The van der Waals surface area contributed by atoms with Crippen LogP contribution in [0.2, 0.25) is 0 Å². The van der Waals surface area contributed by atoms with E-state index in [1.807, 2.05) is 32.2 Å². The van der Waals surface area contributed by atoms with E-state index in [0.717, 1.165) is 12.0 Å². The molecule has 1 atom stereocenters. The molecule has 146 valence electrons. The number of fused-ring (bicyclic) bond motifs is 1. The van der Waals surface area contributed by atoms with Gasteiger partial charge in [0.25, 0.3) is 0 Å². The van der Waals surface area contributed by atoms with Crippen molar-refractivity contribution in [1.82, 2.24) is 9.62 Å². The van der Waals surface area contributed by atoms with E-state index in [1.165, 1.54) is 10.4 Å². The smallest absolute Gasteiger partial charge is 0.241 e. The number of benzene rings is 1. The standard InChI is InChI=1S/C20H26N2O3S2/c1-14(2)12-18(21-27(24,25)17-6-4-15(3)5-7-17)20(23)22-10-8-19-16(13-22)9-11-26-19/h4-7,9,11,14,18,21H,8,10,12-13H2,1-3H3. The topological polar surface area (TPSA) is 66.5 Å². The second-order valence-corrected chi connectivity index (χ2v) is 10.2. The number of thiophene rings is 1. The van der Waals surface area contributed by atoms with Crippen LogP contribution >= 0.6 is 11.3 Å². The molecule has 1 N–H and O–H groups in total. The fraction of sp³-hybridized carbons (Fsp3) is 0.450. The van der Waals surface area contributed by atoms with Gasteiger partial charge < -0.3 is 4.90 Å². The van der Waals surface area contributed by atoms with Gasteiger partial charge in [-0.25, -0.2) is 8.42 Å². The van der Waals surface area contributed by atoms with Crippen molar-refractivity contribution in [1.29, 1.82) is 0 Å². The second-order valence-electron chi connectivity index (χ2n) is 7.50. The summed E-state index contributed by atoms with van der Waals surface area (Å²) in [5, 5.41) is 2.05. The molecule has 0 bridgehead atoms. The largest absolute Gasteiger partial charge is 0.337 e. The molecule has 2 heterocycles. The molecule has 0 saturated carbocycles. The van der Waals surface area contributed by atoms with Crippen molar-refractivity contribution in [3.8, 4) is 0 Å². The molecule has 2 aromatic rings. The molecule has 1 amide bonds. The summed E-state index contributed by atoms with van der Waals surface area (Å²) in [5.41, 5.74) is 2.16. The maximum atomic E-state index is 13.1. The molecule has 3 rings (SSSR count). The quantitative estimate of drug-likeness (QED) is 0.800. The van der Waals surface area contributed by atoms with Crippen molar-refractivity contribution in [2.45, 2.75) is 51.1 Å². The van der Waals surface area contributed by atoms with Crippen molar-refractivity contribution in [3.63, 3.8) is 0 Å². The fourth-order valence-electron chi connectivity index (χ4n) is 3.30. The molecular formula is C20H26N2O3S2. The number of sulfonamides is 1. The number of carbonyl (C=O) groups excluding carboxylic acids is 1. The summed E-state index contributed by atoms with van der Waals surface area (Å²) in [4.78, 5) is 16.4. The van der Waals surface area contributed by atoms with Gasteiger partial charge in [0.05, 0.1) is 4.90 Å². The lowest BCUT2D eigenvalue weighted by molar-refractivity contribution is -0.134. The van der Waals surface area contributed by atoms with E-state index >= 15 is 0 Å². The maximum Gasteiger partial charge on any atom is 0.241 e. The number of rotatable bonds is 6. The summed E-state index contributed by atoms with van der Waals surface area (Å²) in [6.07, 6.45) is 1.30. The van der Waals surface area contributed by atoms with Crippen molar-refractivity contribution >= 4 is 27.3 Å². The lowest BCUT2D eigenvalue weighted by atomic mass is 10.0. The van der Waals surface area contributed by atoms with Crippen LogP contribution in [0.25, 0.3) is 0 Å². The zero-order valence-corrected chi connectivity index (χ0v) is 17.6. The highest BCUT2D eigenvalue weighted by Gasteiger charge is 2.31. The van der Waals surface area contributed by atoms with Crippen molar-refractivity contribution in [2.24, 2.45) is 5.92 Å². The molecule has 0 fully saturated rings. The Hall–Kier alpha value is -1.70. The van der Waals surface area contributed by atoms with Gasteiger partial charge in [0.15, 0.2) is 0 Å². The molecule has 1 unspecified atom stereocenters. The Morgan fingerprint density at radius 3 is 2.59 bits per heavy atom. The molecule has 1 aromatic carbocycles. The van der Waals surface area contributed by atoms with Crippen LogP contribution in [0, 0.1) is 12.8 Å². The Morgan fingerprint density at radius 2 is 1.93 bits per heavy atom. The Labute approximate surface area is 165 Å². The fourth-order valence-corrected chi connectivity index (χ4v) is 5.39. The summed E-state index contributed by atoms with van der Waals surface area (Å²) in [7, 11) is -3.75. The van der Waals surface area contributed by atoms with Gasteiger partial charge in [-0.3, -0.25) is 4.79 Å². The SMILES string of the molecule is Cc1ccc(S(=O)(=O)NC(CC(C)C)C(=O)N2CCc3sccc3C2)cc1. The normalized spacial score (nSPS) is 15.6. The highest BCUT2D eigenvalue weighted by Crippen LogP contribution is 2.25. The molecular weight excluding hydrogens is 380 g/mol. The Bertz CT molecular complexity index is 902. The molecule has 27 heavy (non-hydrogen) atoms. The van der Waals surface area contributed by atoms with Crippen LogP contribution < -0.4 is 4.72 Å². The Morgan fingerprint density at radius 1 is 1.22 bits per heavy atom. The van der Waals surface area contributed by atoms with Crippen molar-refractivity contribution in [3.05, 3.63) is 51.7 Å². The average molecular weight is 407 g/mol. The minimum Gasteiger partial charge on any atom is -0.337 e. The molecule has 5 nitrogen and oxygen atoms in total. The summed E-state index contributed by atoms with van der Waals surface area (Å²) in [6, 6.07) is 7.97. The minimum atomic E-state index is -3.75. The summed E-state index contributed by atoms with van der Waals surface area (Å²) < 4.78 is 28.3. The molecule has 7 heteroatoms. The van der Waals surface area contributed by atoms with Crippen LogP contribution in [-0.2, 0) is 27.8 Å². The third-order valence-corrected chi connectivity index (χ3v) is 7.26. The predicted molar refractivity (Wildman–Crippen MR) is 108 cm³/mol. The summed E-state index contributed by atoms with van der Waals surface area (Å²) >= 11 is 1.72. The number of hydrogen-bond acceptors (Lipinski definition) is 4. The molecule has 0 radical (unpaired) electrons. The van der Waals surface area contributed by atoms with Crippen LogP contribution in [-0.4, -0.2) is 31.8 Å². The third-order valence-electron chi connectivity index (χ3n) is 4.75. The van der Waals surface area contributed by atoms with E-state index in [2.05, 4.69) is 4.72 Å². The predicted octanol–water partition coefficient (Wildman–Crippen LogP) is 3.33. The van der Waals surface area contributed by atoms with Gasteiger partial charge >= 0.3 is 0 Å². The van der Waals surface area contributed by atoms with Crippen LogP contribution in [0.5, 0.6) is 0 Å². The van der Waals surface area contributed by atoms with Crippen molar-refractivity contribution < 1.29 is 13.2 Å². The summed E-state index contributed by atoms with van der Waals surface area (Å²) in [6.45, 7) is 7.08. The van der Waals surface area contributed by atoms with E-state index in [-0.39, 0.29) is 16.7 Å². The maximum absolute atomic E-state index is 13.1. The first-order chi connectivity index (χ1) is 12.8. The van der Waals surface area contributed by atoms with Gasteiger partial charge in [-0.2, -0.15) is 4.72 Å². The first-order valence-electron chi connectivity index (χ1n) is 9.19. The molecule has 1 aliphatic rings. The number of amides is 1. The first-order valence-corrected chi connectivity index (χ1v) is 11.6. The second kappa shape index (κ2) is 8.12. The summed E-state index contributed by atoms with van der Waals surface area (Å²) in [5.74, 6) is 0.0532. The number of hydrogen-bond donors (Lipinski definition) is 1. The van der Waals surface area contributed by atoms with E-state index < -0.39 is 16.1 Å². The number of aryl methyl sites for hydroxylation is 1. The molecule has 1 aromatic heterocycles. The van der Waals surface area contributed by atoms with Crippen LogP contribution in [0.1, 0.15) is 36.3 Å². The van der Waals surface area contributed by atoms with E-state index in [4.69, 9.17) is 0 Å². The van der Waals surface area contributed by atoms with E-state index in [0.29, 0.717) is 19.5 Å². The highest BCUT2D eigenvalue weighted by atomic mass is 32.2. The monoisotopic (exact) mass is 406 g/mol. The molecule has 1 aliphatic heterocycles. The van der Waals surface area contributed by atoms with Gasteiger partial charge in [-0.05, 0) is 54.8 Å². The molecule has 0 spiro atoms. The van der Waals surface area contributed by atoms with Gasteiger partial charge in [-0.1, -0.05) is 31.5 Å². The molecule has 0 aliphatic carbocycles. The minimum absolute atomic E-state index is 0.142. The van der Waals surface area contributed by atoms with Crippen LogP contribution in [0.3, 0.4) is 0 Å². The van der Waals surface area contributed by atoms with E-state index in [1.54, 1.807) is 40.5 Å². The van der Waals surface area contributed by atoms with Crippen LogP contribution in [0.4, 0.5) is 0 Å². The third kappa shape index (κ3) is 4.78. The first kappa shape index (κ1) is 20.0. The zero-order chi connectivity index (χ0) is 19.6. The highest BCUT2D eigenvalue weighted by molar-refractivity contribution is 7.89. The van der Waals surface area contributed by atoms with E-state index in [9.17, 15) is 13.2 Å². The zero-order valence-electron chi connectivity index (χ0n) is 15.9. The van der Waals surface area contributed by atoms with Gasteiger partial charge in [0.2, 0.25) is 15.9 Å². The Balaban J connectivity index is 1.79. The number of nitrogens with zero attached hydrogens (tertiary/aromatic N) is 1. The van der Waals surface area contributed by atoms with Crippen LogP contribution in [0.15, 0.2) is 40.6 Å². The molecule has 0 saturated heterocycles. The number of nitrogens with one attached hydrogen (secondary N) is 1. The van der Waals surface area contributed by atoms with Gasteiger partial charge in [0.1, 0.15) is 6.04 Å². The Kier molecular flexibility index (Phi) is 6.03. The van der Waals surface area contributed by atoms with Crippen molar-refractivity contribution in [2.75, 3.05) is 6.54 Å². The van der Waals surface area contributed by atoms with Gasteiger partial charge in [-0.15, -0.1) is 11.3 Å².